The molecule has 0 aliphatic carbocycles. The molecule has 1 atom stereocenters. The molecule has 2 aromatic rings. The third-order valence-corrected chi connectivity index (χ3v) is 5.01. The molecule has 2 aliphatic rings. The second kappa shape index (κ2) is 6.70. The first-order chi connectivity index (χ1) is 12.5. The Balaban J connectivity index is 1.54. The zero-order valence-corrected chi connectivity index (χ0v) is 15.1. The van der Waals surface area contributed by atoms with E-state index in [-0.39, 0.29) is 18.4 Å². The number of amides is 2. The smallest absolute Gasteiger partial charge is 0.262 e. The molecule has 0 aromatic heterocycles. The fraction of sp³-hybridized carbons (Fsp3) is 0.222. The van der Waals surface area contributed by atoms with Crippen LogP contribution in [0.3, 0.4) is 0 Å². The molecular formula is C18H15Cl2N3O3. The number of nitrogens with zero attached hydrogens (tertiary/aromatic N) is 1. The van der Waals surface area contributed by atoms with Crippen LogP contribution in [0.2, 0.25) is 10.0 Å². The Morgan fingerprint density at radius 2 is 1.96 bits per heavy atom. The molecule has 0 radical (unpaired) electrons. The quantitative estimate of drug-likeness (QED) is 0.839. The molecule has 4 rings (SSSR count). The minimum atomic E-state index is -0.417. The number of nitrogens with one attached hydrogen (secondary N) is 2. The monoisotopic (exact) mass is 391 g/mol. The van der Waals surface area contributed by atoms with Gasteiger partial charge in [0, 0.05) is 12.6 Å². The highest BCUT2D eigenvalue weighted by molar-refractivity contribution is 6.34. The average molecular weight is 392 g/mol. The van der Waals surface area contributed by atoms with Gasteiger partial charge in [-0.15, -0.1) is 0 Å². The van der Waals surface area contributed by atoms with Gasteiger partial charge in [-0.05, 0) is 24.6 Å². The molecule has 1 unspecified atom stereocenters. The Bertz CT molecular complexity index is 903. The zero-order chi connectivity index (χ0) is 18.3. The van der Waals surface area contributed by atoms with E-state index < -0.39 is 6.04 Å². The highest BCUT2D eigenvalue weighted by Gasteiger charge is 2.34. The van der Waals surface area contributed by atoms with Crippen molar-refractivity contribution in [3.8, 4) is 5.75 Å². The highest BCUT2D eigenvalue weighted by Crippen LogP contribution is 2.37. The lowest BCUT2D eigenvalue weighted by atomic mass is 10.2. The maximum Gasteiger partial charge on any atom is 0.262 e. The van der Waals surface area contributed by atoms with Crippen LogP contribution in [-0.4, -0.2) is 31.0 Å². The molecule has 2 amide bonds. The minimum Gasteiger partial charge on any atom is -0.482 e. The molecule has 0 spiro atoms. The molecule has 2 aliphatic heterocycles. The Morgan fingerprint density at radius 1 is 1.15 bits per heavy atom. The van der Waals surface area contributed by atoms with Crippen molar-refractivity contribution in [2.75, 3.05) is 28.7 Å². The van der Waals surface area contributed by atoms with Crippen LogP contribution >= 0.6 is 23.2 Å². The van der Waals surface area contributed by atoms with Crippen molar-refractivity contribution in [3.05, 3.63) is 46.4 Å². The van der Waals surface area contributed by atoms with E-state index in [1.807, 2.05) is 18.2 Å². The second-order valence-corrected chi connectivity index (χ2v) is 6.91. The van der Waals surface area contributed by atoms with Gasteiger partial charge >= 0.3 is 0 Å². The summed E-state index contributed by atoms with van der Waals surface area (Å²) in [5.74, 6) is 0.224. The van der Waals surface area contributed by atoms with E-state index in [9.17, 15) is 9.59 Å². The van der Waals surface area contributed by atoms with Gasteiger partial charge in [0.05, 0.1) is 27.1 Å². The standard InChI is InChI=1S/C18H15Cl2N3O3/c19-10-3-1-2-4-15(10)23-6-5-12(18(23)25)21-13-8-16-14(7-11(13)20)22-17(24)9-26-16/h1-4,7-8,12,21H,5-6,9H2,(H,22,24). The van der Waals surface area contributed by atoms with Crippen molar-refractivity contribution in [1.82, 2.24) is 0 Å². The summed E-state index contributed by atoms with van der Waals surface area (Å²) >= 11 is 12.5. The number of halogens is 2. The summed E-state index contributed by atoms with van der Waals surface area (Å²) < 4.78 is 5.41. The third kappa shape index (κ3) is 3.06. The fourth-order valence-corrected chi connectivity index (χ4v) is 3.58. The summed E-state index contributed by atoms with van der Waals surface area (Å²) in [4.78, 5) is 25.8. The van der Waals surface area contributed by atoms with E-state index in [0.29, 0.717) is 45.8 Å². The first kappa shape index (κ1) is 17.0. The molecule has 2 aromatic carbocycles. The van der Waals surface area contributed by atoms with E-state index in [4.69, 9.17) is 27.9 Å². The number of hydrogen-bond donors (Lipinski definition) is 2. The van der Waals surface area contributed by atoms with Gasteiger partial charge in [-0.3, -0.25) is 9.59 Å². The lowest BCUT2D eigenvalue weighted by Gasteiger charge is -2.22. The predicted molar refractivity (Wildman–Crippen MR) is 101 cm³/mol. The summed E-state index contributed by atoms with van der Waals surface area (Å²) in [7, 11) is 0. The van der Waals surface area contributed by atoms with Crippen molar-refractivity contribution in [2.24, 2.45) is 0 Å². The molecule has 1 saturated heterocycles. The maximum absolute atomic E-state index is 12.8. The van der Waals surface area contributed by atoms with Gasteiger partial charge < -0.3 is 20.3 Å². The first-order valence-electron chi connectivity index (χ1n) is 8.11. The van der Waals surface area contributed by atoms with Crippen LogP contribution in [0.5, 0.6) is 5.75 Å². The van der Waals surface area contributed by atoms with Crippen molar-refractivity contribution < 1.29 is 14.3 Å². The number of anilines is 3. The number of rotatable bonds is 3. The number of ether oxygens (including phenoxy) is 1. The van der Waals surface area contributed by atoms with Crippen LogP contribution in [0.4, 0.5) is 17.1 Å². The molecule has 8 heteroatoms. The summed E-state index contributed by atoms with van der Waals surface area (Å²) in [5, 5.41) is 6.82. The van der Waals surface area contributed by atoms with Crippen molar-refractivity contribution in [2.45, 2.75) is 12.5 Å². The maximum atomic E-state index is 12.8. The van der Waals surface area contributed by atoms with Gasteiger partial charge in [0.25, 0.3) is 5.91 Å². The number of carbonyl (C=O) groups is 2. The van der Waals surface area contributed by atoms with E-state index in [0.717, 1.165) is 0 Å². The van der Waals surface area contributed by atoms with Gasteiger partial charge in [-0.25, -0.2) is 0 Å². The fourth-order valence-electron chi connectivity index (χ4n) is 3.12. The number of benzene rings is 2. The second-order valence-electron chi connectivity index (χ2n) is 6.09. The Kier molecular flexibility index (Phi) is 4.38. The van der Waals surface area contributed by atoms with Crippen LogP contribution in [0.25, 0.3) is 0 Å². The van der Waals surface area contributed by atoms with Crippen LogP contribution in [0.15, 0.2) is 36.4 Å². The van der Waals surface area contributed by atoms with E-state index >= 15 is 0 Å². The number of fused-ring (bicyclic) bond motifs is 1. The Labute approximate surface area is 160 Å². The molecule has 2 heterocycles. The van der Waals surface area contributed by atoms with Gasteiger partial charge in [0.1, 0.15) is 11.8 Å². The van der Waals surface area contributed by atoms with E-state index in [2.05, 4.69) is 10.6 Å². The van der Waals surface area contributed by atoms with Gasteiger partial charge in [-0.2, -0.15) is 0 Å². The lowest BCUT2D eigenvalue weighted by molar-refractivity contribution is -0.119. The largest absolute Gasteiger partial charge is 0.482 e. The van der Waals surface area contributed by atoms with Crippen LogP contribution in [-0.2, 0) is 9.59 Å². The van der Waals surface area contributed by atoms with E-state index in [1.165, 1.54) is 0 Å². The number of hydrogen-bond acceptors (Lipinski definition) is 4. The Hall–Kier alpha value is -2.44. The molecule has 6 nitrogen and oxygen atoms in total. The molecular weight excluding hydrogens is 377 g/mol. The summed E-state index contributed by atoms with van der Waals surface area (Å²) in [6, 6.07) is 10.2. The van der Waals surface area contributed by atoms with Crippen LogP contribution < -0.4 is 20.3 Å². The molecule has 0 bridgehead atoms. The number of carbonyl (C=O) groups excluding carboxylic acids is 2. The van der Waals surface area contributed by atoms with Crippen molar-refractivity contribution >= 4 is 52.1 Å². The SMILES string of the molecule is O=C1COc2cc(NC3CCN(c4ccccc4Cl)C3=O)c(Cl)cc2N1. The third-order valence-electron chi connectivity index (χ3n) is 4.38. The molecule has 2 N–H and O–H groups in total. The molecule has 1 fully saturated rings. The zero-order valence-electron chi connectivity index (χ0n) is 13.6. The van der Waals surface area contributed by atoms with Crippen LogP contribution in [0, 0.1) is 0 Å². The van der Waals surface area contributed by atoms with E-state index in [1.54, 1.807) is 23.1 Å². The molecule has 26 heavy (non-hydrogen) atoms. The summed E-state index contributed by atoms with van der Waals surface area (Å²) in [6.45, 7) is 0.520. The van der Waals surface area contributed by atoms with Gasteiger partial charge in [0.2, 0.25) is 5.91 Å². The van der Waals surface area contributed by atoms with Gasteiger partial charge in [0.15, 0.2) is 6.61 Å². The molecule has 0 saturated carbocycles. The van der Waals surface area contributed by atoms with Gasteiger partial charge in [-0.1, -0.05) is 35.3 Å². The topological polar surface area (TPSA) is 70.7 Å². The normalized spacial score (nSPS) is 19.0. The van der Waals surface area contributed by atoms with Crippen molar-refractivity contribution in [3.63, 3.8) is 0 Å². The van der Waals surface area contributed by atoms with Crippen LogP contribution in [0.1, 0.15) is 6.42 Å². The highest BCUT2D eigenvalue weighted by atomic mass is 35.5. The molecule has 134 valence electrons. The Morgan fingerprint density at radius 3 is 2.77 bits per heavy atom. The first-order valence-corrected chi connectivity index (χ1v) is 8.87. The van der Waals surface area contributed by atoms with Crippen molar-refractivity contribution in [1.29, 1.82) is 0 Å². The minimum absolute atomic E-state index is 0.0449. The lowest BCUT2D eigenvalue weighted by Crippen LogP contribution is -2.33. The predicted octanol–water partition coefficient (Wildman–Crippen LogP) is 3.54. The summed E-state index contributed by atoms with van der Waals surface area (Å²) in [6.07, 6.45) is 0.620. The summed E-state index contributed by atoms with van der Waals surface area (Å²) in [5.41, 5.74) is 1.80. The number of para-hydroxylation sites is 1. The average Bonchev–Trinajstić information content (AvgIpc) is 2.97.